The topological polar surface area (TPSA) is 133 Å². The highest BCUT2D eigenvalue weighted by molar-refractivity contribution is 5.89. The zero-order chi connectivity index (χ0) is 21.1. The fourth-order valence-corrected chi connectivity index (χ4v) is 1.08. The Bertz CT molecular complexity index is 530. The van der Waals surface area contributed by atoms with Crippen molar-refractivity contribution < 1.29 is 33.8 Å². The van der Waals surface area contributed by atoms with Gasteiger partial charge in [-0.3, -0.25) is 4.79 Å². The van der Waals surface area contributed by atoms with E-state index in [2.05, 4.69) is 30.2 Å². The molecule has 8 heteroatoms. The Morgan fingerprint density at radius 2 is 1.54 bits per heavy atom. The lowest BCUT2D eigenvalue weighted by Crippen LogP contribution is -2.10. The molecular weight excluding hydrogens is 342 g/mol. The molecule has 0 saturated carbocycles. The molecule has 0 fully saturated rings. The van der Waals surface area contributed by atoms with Crippen molar-refractivity contribution in [3.63, 3.8) is 0 Å². The summed E-state index contributed by atoms with van der Waals surface area (Å²) in [5, 5.41) is 7.60. The number of aliphatic carboxylic acids is 1. The van der Waals surface area contributed by atoms with Gasteiger partial charge in [0.25, 0.3) is 0 Å². The van der Waals surface area contributed by atoms with Crippen LogP contribution in [0.25, 0.3) is 0 Å². The zero-order valence-corrected chi connectivity index (χ0v) is 15.4. The number of esters is 2. The molecule has 0 aromatic carbocycles. The summed E-state index contributed by atoms with van der Waals surface area (Å²) in [6, 6.07) is 0. The van der Waals surface area contributed by atoms with Crippen LogP contribution in [-0.2, 0) is 28.7 Å². The molecule has 0 rings (SSSR count). The Labute approximate surface area is 153 Å². The number of primary amides is 1. The number of carbonyl (C=O) groups excluding carboxylic acids is 3. The fraction of sp³-hybridized carbons (Fsp3) is 0.333. The maximum absolute atomic E-state index is 11.3. The van der Waals surface area contributed by atoms with E-state index >= 15 is 0 Å². The third kappa shape index (κ3) is 18.9. The lowest BCUT2D eigenvalue weighted by Gasteiger charge is -2.09. The maximum atomic E-state index is 11.3. The van der Waals surface area contributed by atoms with Gasteiger partial charge in [-0.1, -0.05) is 33.1 Å². The summed E-state index contributed by atoms with van der Waals surface area (Å²) in [5.41, 5.74) is 4.86. The SMILES string of the molecule is C=CC(=O)O.C=CC(=O)OC(CCCC)=C(C)C(=O)OC.C=CC(N)=O. The number of rotatable bonds is 8. The minimum absolute atomic E-state index is 0.325. The van der Waals surface area contributed by atoms with Crippen molar-refractivity contribution in [3.05, 3.63) is 49.3 Å². The Balaban J connectivity index is -0.000000433. The van der Waals surface area contributed by atoms with Crippen LogP contribution in [-0.4, -0.2) is 36.0 Å². The van der Waals surface area contributed by atoms with E-state index in [9.17, 15) is 19.2 Å². The van der Waals surface area contributed by atoms with E-state index in [1.165, 1.54) is 7.11 Å². The molecule has 0 bridgehead atoms. The number of hydrogen-bond acceptors (Lipinski definition) is 6. The van der Waals surface area contributed by atoms with Gasteiger partial charge in [-0.25, -0.2) is 14.4 Å². The largest absolute Gasteiger partial charge is 0.478 e. The molecule has 0 atom stereocenters. The second-order valence-electron chi connectivity index (χ2n) is 4.42. The van der Waals surface area contributed by atoms with Crippen LogP contribution < -0.4 is 5.73 Å². The van der Waals surface area contributed by atoms with E-state index < -0.39 is 23.8 Å². The van der Waals surface area contributed by atoms with Crippen LogP contribution in [0.4, 0.5) is 0 Å². The molecule has 0 heterocycles. The van der Waals surface area contributed by atoms with Gasteiger partial charge in [-0.15, -0.1) is 0 Å². The summed E-state index contributed by atoms with van der Waals surface area (Å²) >= 11 is 0. The molecule has 0 unspecified atom stereocenters. The second-order valence-corrected chi connectivity index (χ2v) is 4.42. The van der Waals surface area contributed by atoms with Gasteiger partial charge >= 0.3 is 17.9 Å². The summed E-state index contributed by atoms with van der Waals surface area (Å²) in [4.78, 5) is 41.1. The summed E-state index contributed by atoms with van der Waals surface area (Å²) in [6.45, 7) is 12.9. The van der Waals surface area contributed by atoms with Crippen molar-refractivity contribution in [1.82, 2.24) is 0 Å². The summed E-state index contributed by atoms with van der Waals surface area (Å²) < 4.78 is 9.58. The van der Waals surface area contributed by atoms with Crippen molar-refractivity contribution in [1.29, 1.82) is 0 Å². The van der Waals surface area contributed by atoms with Crippen LogP contribution >= 0.6 is 0 Å². The van der Waals surface area contributed by atoms with E-state index in [4.69, 9.17) is 9.84 Å². The predicted octanol–water partition coefficient (Wildman–Crippen LogP) is 2.27. The van der Waals surface area contributed by atoms with E-state index in [1.807, 2.05) is 6.92 Å². The van der Waals surface area contributed by atoms with E-state index in [0.29, 0.717) is 17.8 Å². The normalized spacial score (nSPS) is 9.50. The Hall–Kier alpha value is -3.16. The van der Waals surface area contributed by atoms with Crippen LogP contribution in [0.5, 0.6) is 0 Å². The minimum Gasteiger partial charge on any atom is -0.478 e. The Kier molecular flexibility index (Phi) is 19.4. The van der Waals surface area contributed by atoms with Crippen LogP contribution in [0.3, 0.4) is 0 Å². The first-order chi connectivity index (χ1) is 12.1. The van der Waals surface area contributed by atoms with Crippen molar-refractivity contribution in [2.75, 3.05) is 7.11 Å². The van der Waals surface area contributed by atoms with Crippen LogP contribution in [0, 0.1) is 0 Å². The molecule has 0 radical (unpaired) electrons. The van der Waals surface area contributed by atoms with E-state index in [1.54, 1.807) is 6.92 Å². The molecule has 146 valence electrons. The number of methoxy groups -OCH3 is 1. The highest BCUT2D eigenvalue weighted by Crippen LogP contribution is 2.15. The monoisotopic (exact) mass is 369 g/mol. The molecule has 0 spiro atoms. The first kappa shape index (κ1) is 27.7. The smallest absolute Gasteiger partial charge is 0.336 e. The van der Waals surface area contributed by atoms with Gasteiger partial charge in [0, 0.05) is 18.6 Å². The highest BCUT2D eigenvalue weighted by atomic mass is 16.5. The number of nitrogens with two attached hydrogens (primary N) is 1. The number of allylic oxidation sites excluding steroid dienone is 1. The van der Waals surface area contributed by atoms with Gasteiger partial charge in [-0.2, -0.15) is 0 Å². The second kappa shape index (κ2) is 18.2. The molecule has 0 aromatic rings. The summed E-state index contributed by atoms with van der Waals surface area (Å²) in [5.74, 6) is -2.15. The molecule has 0 aromatic heterocycles. The molecule has 3 N–H and O–H groups in total. The van der Waals surface area contributed by atoms with Gasteiger partial charge in [-0.05, 0) is 19.4 Å². The molecular formula is C18H27NO7. The standard InChI is InChI=1S/C12H18O4.C3H5NO.C3H4O2/c1-5-7-8-10(16-11(13)6-2)9(3)12(14)15-4;2*1-2-3(4)5/h6H,2,5,7-8H2,1,3-4H3;2H,1H2,(H2,4,5);2H,1H2,(H,4,5). The minimum atomic E-state index is -0.981. The van der Waals surface area contributed by atoms with Gasteiger partial charge < -0.3 is 20.3 Å². The van der Waals surface area contributed by atoms with Gasteiger partial charge in [0.05, 0.1) is 12.7 Å². The third-order valence-electron chi connectivity index (χ3n) is 2.43. The number of ether oxygens (including phenoxy) is 2. The van der Waals surface area contributed by atoms with Crippen molar-refractivity contribution >= 4 is 23.8 Å². The number of amides is 1. The number of carboxylic acid groups (broad SMARTS) is 1. The van der Waals surface area contributed by atoms with Crippen LogP contribution in [0.15, 0.2) is 49.3 Å². The average molecular weight is 369 g/mol. The molecule has 1 amide bonds. The highest BCUT2D eigenvalue weighted by Gasteiger charge is 2.14. The molecule has 0 aliphatic rings. The van der Waals surface area contributed by atoms with Crippen LogP contribution in [0.2, 0.25) is 0 Å². The summed E-state index contributed by atoms with van der Waals surface area (Å²) in [6.07, 6.45) is 5.28. The fourth-order valence-electron chi connectivity index (χ4n) is 1.08. The summed E-state index contributed by atoms with van der Waals surface area (Å²) in [7, 11) is 1.29. The third-order valence-corrected chi connectivity index (χ3v) is 2.43. The molecule has 0 aliphatic heterocycles. The number of carbonyl (C=O) groups is 4. The van der Waals surface area contributed by atoms with Crippen molar-refractivity contribution in [3.8, 4) is 0 Å². The van der Waals surface area contributed by atoms with Gasteiger partial charge in [0.1, 0.15) is 5.76 Å². The quantitative estimate of drug-likeness (QED) is 0.381. The number of hydrogen-bond donors (Lipinski definition) is 2. The molecule has 26 heavy (non-hydrogen) atoms. The lowest BCUT2D eigenvalue weighted by molar-refractivity contribution is -0.137. The molecule has 8 nitrogen and oxygen atoms in total. The maximum Gasteiger partial charge on any atom is 0.336 e. The van der Waals surface area contributed by atoms with E-state index in [0.717, 1.165) is 31.1 Å². The first-order valence-electron chi connectivity index (χ1n) is 7.50. The molecule has 0 aliphatic carbocycles. The van der Waals surface area contributed by atoms with E-state index in [-0.39, 0.29) is 0 Å². The predicted molar refractivity (Wildman–Crippen MR) is 97.8 cm³/mol. The average Bonchev–Trinajstić information content (AvgIpc) is 2.64. The lowest BCUT2D eigenvalue weighted by atomic mass is 10.1. The van der Waals surface area contributed by atoms with Gasteiger partial charge in [0.2, 0.25) is 5.91 Å². The number of carboxylic acids is 1. The van der Waals surface area contributed by atoms with Crippen molar-refractivity contribution in [2.24, 2.45) is 5.73 Å². The first-order valence-corrected chi connectivity index (χ1v) is 7.50. The number of unbranched alkanes of at least 4 members (excludes halogenated alkanes) is 1. The van der Waals surface area contributed by atoms with Gasteiger partial charge in [0.15, 0.2) is 0 Å². The van der Waals surface area contributed by atoms with Crippen molar-refractivity contribution in [2.45, 2.75) is 33.1 Å². The Morgan fingerprint density at radius 1 is 1.08 bits per heavy atom. The zero-order valence-electron chi connectivity index (χ0n) is 15.4. The Morgan fingerprint density at radius 3 is 1.81 bits per heavy atom. The van der Waals surface area contributed by atoms with Crippen LogP contribution in [0.1, 0.15) is 33.1 Å². The molecule has 0 saturated heterocycles.